The lowest BCUT2D eigenvalue weighted by molar-refractivity contribution is -0.0259. The molecule has 3 aromatic rings. The van der Waals surface area contributed by atoms with E-state index in [1.54, 1.807) is 66.7 Å². The van der Waals surface area contributed by atoms with Crippen LogP contribution in [0.2, 0.25) is 0 Å². The summed E-state index contributed by atoms with van der Waals surface area (Å²) >= 11 is 0. The molecule has 0 bridgehead atoms. The van der Waals surface area contributed by atoms with E-state index in [2.05, 4.69) is 4.72 Å². The van der Waals surface area contributed by atoms with Gasteiger partial charge in [-0.25, -0.2) is 17.2 Å². The summed E-state index contributed by atoms with van der Waals surface area (Å²) in [5, 5.41) is 0. The largest absolute Gasteiger partial charge is 0.493 e. The number of sulfonamides is 1. The molecule has 0 radical (unpaired) electrons. The zero-order valence-electron chi connectivity index (χ0n) is 16.3. The molecule has 0 fully saturated rings. The van der Waals surface area contributed by atoms with Crippen molar-refractivity contribution in [2.75, 3.05) is 11.3 Å². The predicted octanol–water partition coefficient (Wildman–Crippen LogP) is 5.52. The van der Waals surface area contributed by atoms with E-state index in [1.165, 1.54) is 12.1 Å². The fourth-order valence-corrected chi connectivity index (χ4v) is 3.96. The van der Waals surface area contributed by atoms with Crippen LogP contribution in [0.4, 0.5) is 14.5 Å². The molecule has 0 saturated carbocycles. The van der Waals surface area contributed by atoms with Crippen LogP contribution in [-0.4, -0.2) is 20.9 Å². The van der Waals surface area contributed by atoms with Gasteiger partial charge >= 0.3 is 0 Å². The highest BCUT2D eigenvalue weighted by Crippen LogP contribution is 2.26. The second-order valence-electron chi connectivity index (χ2n) is 6.89. The number of hydrogen-bond acceptors (Lipinski definition) is 3. The van der Waals surface area contributed by atoms with Gasteiger partial charge in [0, 0.05) is 18.5 Å². The second kappa shape index (κ2) is 9.71. The number of alkyl halides is 2. The molecular weight excluding hydrogens is 408 g/mol. The van der Waals surface area contributed by atoms with Gasteiger partial charge in [-0.1, -0.05) is 48.5 Å². The minimum absolute atomic E-state index is 0.0755. The molecule has 0 saturated heterocycles. The van der Waals surface area contributed by atoms with Gasteiger partial charge in [-0.15, -0.1) is 0 Å². The van der Waals surface area contributed by atoms with Crippen molar-refractivity contribution >= 4 is 15.7 Å². The summed E-state index contributed by atoms with van der Waals surface area (Å²) in [4.78, 5) is 0.139. The Hall–Kier alpha value is -2.93. The smallest absolute Gasteiger partial charge is 0.261 e. The van der Waals surface area contributed by atoms with Crippen LogP contribution in [0.25, 0.3) is 0 Å². The maximum atomic E-state index is 14.2. The van der Waals surface area contributed by atoms with Crippen molar-refractivity contribution in [2.45, 2.75) is 30.1 Å². The highest BCUT2D eigenvalue weighted by molar-refractivity contribution is 7.92. The minimum atomic E-state index is -3.73. The molecule has 0 aliphatic rings. The summed E-state index contributed by atoms with van der Waals surface area (Å²) in [5.74, 6) is -2.32. The molecule has 3 rings (SSSR count). The van der Waals surface area contributed by atoms with E-state index >= 15 is 0 Å². The fourth-order valence-electron chi connectivity index (χ4n) is 2.89. The molecule has 0 aliphatic carbocycles. The Morgan fingerprint density at radius 1 is 0.833 bits per heavy atom. The number of halogens is 2. The fraction of sp³-hybridized carbons (Fsp3) is 0.217. The third-order valence-electron chi connectivity index (χ3n) is 4.49. The van der Waals surface area contributed by atoms with Crippen molar-refractivity contribution in [1.29, 1.82) is 0 Å². The standard InChI is InChI=1S/C23H23F2NO3S/c24-23(25,16-17-29-21-10-3-1-4-11-21)15-14-19-8-7-9-20(18-19)26-30(27,28)22-12-5-2-6-13-22/h1-13,18,26H,14-17H2. The van der Waals surface area contributed by atoms with Crippen LogP contribution in [0.15, 0.2) is 89.8 Å². The number of ether oxygens (including phenoxy) is 1. The lowest BCUT2D eigenvalue weighted by Gasteiger charge is -2.17. The Labute approximate surface area is 175 Å². The van der Waals surface area contributed by atoms with Crippen LogP contribution >= 0.6 is 0 Å². The molecule has 0 aliphatic heterocycles. The van der Waals surface area contributed by atoms with E-state index < -0.39 is 15.9 Å². The van der Waals surface area contributed by atoms with E-state index in [-0.39, 0.29) is 30.8 Å². The topological polar surface area (TPSA) is 55.4 Å². The average molecular weight is 432 g/mol. The molecule has 30 heavy (non-hydrogen) atoms. The van der Waals surface area contributed by atoms with Crippen molar-refractivity contribution in [1.82, 2.24) is 0 Å². The van der Waals surface area contributed by atoms with Gasteiger partial charge in [-0.2, -0.15) is 0 Å². The van der Waals surface area contributed by atoms with Gasteiger partial charge in [0.1, 0.15) is 5.75 Å². The molecule has 158 valence electrons. The van der Waals surface area contributed by atoms with Crippen LogP contribution in [0, 0.1) is 0 Å². The Balaban J connectivity index is 1.54. The summed E-state index contributed by atoms with van der Waals surface area (Å²) in [7, 11) is -3.73. The van der Waals surface area contributed by atoms with Gasteiger partial charge in [0.05, 0.1) is 11.5 Å². The van der Waals surface area contributed by atoms with Gasteiger partial charge < -0.3 is 4.74 Å². The quantitative estimate of drug-likeness (QED) is 0.460. The Morgan fingerprint density at radius 3 is 2.20 bits per heavy atom. The predicted molar refractivity (Wildman–Crippen MR) is 114 cm³/mol. The summed E-state index contributed by atoms with van der Waals surface area (Å²) in [6.45, 7) is -0.0755. The number of hydrogen-bond donors (Lipinski definition) is 1. The lowest BCUT2D eigenvalue weighted by Crippen LogP contribution is -2.20. The van der Waals surface area contributed by atoms with E-state index in [1.807, 2.05) is 6.07 Å². The zero-order valence-corrected chi connectivity index (χ0v) is 17.1. The summed E-state index contributed by atoms with van der Waals surface area (Å²) in [6.07, 6.45) is -0.610. The van der Waals surface area contributed by atoms with Crippen molar-refractivity contribution < 1.29 is 21.9 Å². The van der Waals surface area contributed by atoms with E-state index in [4.69, 9.17) is 4.74 Å². The first-order chi connectivity index (χ1) is 14.3. The Kier molecular flexibility index (Phi) is 7.05. The van der Waals surface area contributed by atoms with Crippen molar-refractivity contribution in [3.05, 3.63) is 90.5 Å². The summed E-state index contributed by atoms with van der Waals surface area (Å²) < 4.78 is 61.1. The monoisotopic (exact) mass is 431 g/mol. The number of para-hydroxylation sites is 1. The first-order valence-corrected chi connectivity index (χ1v) is 11.0. The van der Waals surface area contributed by atoms with Crippen LogP contribution < -0.4 is 9.46 Å². The molecule has 0 heterocycles. The maximum absolute atomic E-state index is 14.2. The van der Waals surface area contributed by atoms with Crippen LogP contribution in [0.5, 0.6) is 5.75 Å². The molecule has 0 aromatic heterocycles. The van der Waals surface area contributed by atoms with Gasteiger partial charge in [-0.05, 0) is 48.4 Å². The number of nitrogens with one attached hydrogen (secondary N) is 1. The van der Waals surface area contributed by atoms with Gasteiger partial charge in [-0.3, -0.25) is 4.72 Å². The first kappa shape index (κ1) is 21.8. The molecule has 1 N–H and O–H groups in total. The maximum Gasteiger partial charge on any atom is 0.261 e. The van der Waals surface area contributed by atoms with Gasteiger partial charge in [0.25, 0.3) is 15.9 Å². The highest BCUT2D eigenvalue weighted by atomic mass is 32.2. The minimum Gasteiger partial charge on any atom is -0.493 e. The molecule has 3 aromatic carbocycles. The SMILES string of the molecule is O=S(=O)(Nc1cccc(CCC(F)(F)CCOc2ccccc2)c1)c1ccccc1. The molecular formula is C23H23F2NO3S. The van der Waals surface area contributed by atoms with Crippen LogP contribution in [0.3, 0.4) is 0 Å². The number of anilines is 1. The lowest BCUT2D eigenvalue weighted by atomic mass is 10.0. The van der Waals surface area contributed by atoms with E-state index in [0.717, 1.165) is 0 Å². The normalized spacial score (nSPS) is 11.8. The van der Waals surface area contributed by atoms with E-state index in [0.29, 0.717) is 17.0 Å². The molecule has 0 unspecified atom stereocenters. The van der Waals surface area contributed by atoms with Crippen LogP contribution in [-0.2, 0) is 16.4 Å². The average Bonchev–Trinajstić information content (AvgIpc) is 2.74. The summed E-state index contributed by atoms with van der Waals surface area (Å²) in [5.41, 5.74) is 0.971. The van der Waals surface area contributed by atoms with Gasteiger partial charge in [0.15, 0.2) is 0 Å². The highest BCUT2D eigenvalue weighted by Gasteiger charge is 2.28. The van der Waals surface area contributed by atoms with Crippen molar-refractivity contribution in [3.63, 3.8) is 0 Å². The summed E-state index contributed by atoms with van der Waals surface area (Å²) in [6, 6.07) is 23.3. The Morgan fingerprint density at radius 2 is 1.50 bits per heavy atom. The number of rotatable bonds is 10. The van der Waals surface area contributed by atoms with Crippen molar-refractivity contribution in [2.24, 2.45) is 0 Å². The molecule has 0 atom stereocenters. The van der Waals surface area contributed by atoms with Crippen LogP contribution in [0.1, 0.15) is 18.4 Å². The van der Waals surface area contributed by atoms with E-state index in [9.17, 15) is 17.2 Å². The number of benzene rings is 3. The number of aryl methyl sites for hydroxylation is 1. The third-order valence-corrected chi connectivity index (χ3v) is 5.89. The molecule has 0 amide bonds. The van der Waals surface area contributed by atoms with Crippen molar-refractivity contribution in [3.8, 4) is 5.75 Å². The molecule has 0 spiro atoms. The molecule has 4 nitrogen and oxygen atoms in total. The Bertz CT molecular complexity index is 1040. The molecule has 7 heteroatoms. The first-order valence-electron chi connectivity index (χ1n) is 9.57. The van der Waals surface area contributed by atoms with Gasteiger partial charge in [0.2, 0.25) is 0 Å². The second-order valence-corrected chi connectivity index (χ2v) is 8.57. The zero-order chi connectivity index (χ0) is 21.5. The third kappa shape index (κ3) is 6.56.